The first-order chi connectivity index (χ1) is 27.4. The number of sulfonamides is 1. The molecule has 12 nitrogen and oxygen atoms in total. The Morgan fingerprint density at radius 2 is 1.75 bits per heavy atom. The fourth-order valence-electron chi connectivity index (χ4n) is 9.97. The molecule has 0 spiro atoms. The number of aromatic nitrogens is 1. The number of ketones is 1. The van der Waals surface area contributed by atoms with Gasteiger partial charge in [0, 0.05) is 35.9 Å². The maximum atomic E-state index is 14.9. The minimum absolute atomic E-state index is 0.0139. The summed E-state index contributed by atoms with van der Waals surface area (Å²) in [4.78, 5) is 72.5. The van der Waals surface area contributed by atoms with Crippen LogP contribution in [0.15, 0.2) is 53.9 Å². The number of pyridine rings is 1. The summed E-state index contributed by atoms with van der Waals surface area (Å²) in [6.07, 6.45) is 13.0. The van der Waals surface area contributed by atoms with Crippen molar-refractivity contribution in [3.05, 3.63) is 64.4 Å². The zero-order chi connectivity index (χ0) is 40.1. The van der Waals surface area contributed by atoms with Gasteiger partial charge in [0.15, 0.2) is 11.7 Å². The Labute approximate surface area is 338 Å². The van der Waals surface area contributed by atoms with Crippen LogP contribution in [-0.4, -0.2) is 71.5 Å². The number of benzene rings is 1. The Hall–Kier alpha value is -3.97. The predicted molar refractivity (Wildman–Crippen MR) is 214 cm³/mol. The molecule has 1 saturated heterocycles. The van der Waals surface area contributed by atoms with Crippen LogP contribution in [-0.2, 0) is 40.5 Å². The van der Waals surface area contributed by atoms with E-state index in [9.17, 15) is 32.4 Å². The number of rotatable bonds is 8. The van der Waals surface area contributed by atoms with Crippen molar-refractivity contribution >= 4 is 56.0 Å². The highest BCUT2D eigenvalue weighted by Gasteiger charge is 2.61. The van der Waals surface area contributed by atoms with Gasteiger partial charge in [0.25, 0.3) is 5.56 Å². The molecule has 0 radical (unpaired) electrons. The van der Waals surface area contributed by atoms with Crippen LogP contribution in [0, 0.1) is 29.1 Å². The molecule has 4 saturated carbocycles. The second-order valence-electron chi connectivity index (χ2n) is 17.2. The van der Waals surface area contributed by atoms with E-state index in [2.05, 4.69) is 17.4 Å². The smallest absolute Gasteiger partial charge is 0.306 e. The third-order valence-corrected chi connectivity index (χ3v) is 15.5. The summed E-state index contributed by atoms with van der Waals surface area (Å²) >= 11 is 6.35. The van der Waals surface area contributed by atoms with Crippen LogP contribution in [0.3, 0.4) is 0 Å². The number of nitrogens with zero attached hydrogens (tertiary/aromatic N) is 2. The van der Waals surface area contributed by atoms with Gasteiger partial charge in [0.1, 0.15) is 12.2 Å². The van der Waals surface area contributed by atoms with Crippen molar-refractivity contribution in [2.75, 3.05) is 6.54 Å². The zero-order valence-corrected chi connectivity index (χ0v) is 33.8. The highest BCUT2D eigenvalue weighted by molar-refractivity contribution is 7.90. The molecule has 2 aliphatic heterocycles. The van der Waals surface area contributed by atoms with E-state index in [0.717, 1.165) is 51.4 Å². The average Bonchev–Trinajstić information content (AvgIpc) is 3.96. The Balaban J connectivity index is 1.15. The lowest BCUT2D eigenvalue weighted by Crippen LogP contribution is -2.47. The van der Waals surface area contributed by atoms with Crippen LogP contribution in [0.2, 0.25) is 5.02 Å². The summed E-state index contributed by atoms with van der Waals surface area (Å²) in [6.45, 7) is 4.18. The molecule has 4 aliphatic carbocycles. The van der Waals surface area contributed by atoms with Gasteiger partial charge >= 0.3 is 5.97 Å². The van der Waals surface area contributed by atoms with Crippen molar-refractivity contribution in [3.63, 3.8) is 0 Å². The predicted octanol–water partition coefficient (Wildman–Crippen LogP) is 6.02. The number of fused-ring (bicyclic) bond motifs is 5. The van der Waals surface area contributed by atoms with Gasteiger partial charge in [-0.3, -0.25) is 33.3 Å². The number of halogens is 1. The average molecular weight is 822 g/mol. The number of esters is 1. The highest BCUT2D eigenvalue weighted by Crippen LogP contribution is 2.57. The summed E-state index contributed by atoms with van der Waals surface area (Å²) in [5.74, 6) is -2.60. The number of nitrogens with one attached hydrogen (secondary N) is 1. The molecule has 6 aliphatic rings. The molecule has 1 aromatic carbocycles. The molecule has 8 rings (SSSR count). The van der Waals surface area contributed by atoms with Gasteiger partial charge in [0.05, 0.1) is 35.6 Å². The van der Waals surface area contributed by atoms with Gasteiger partial charge in [-0.2, -0.15) is 0 Å². The Morgan fingerprint density at radius 3 is 2.49 bits per heavy atom. The lowest BCUT2D eigenvalue weighted by Gasteiger charge is -2.31. The maximum absolute atomic E-state index is 14.9. The normalized spacial score (nSPS) is 31.7. The van der Waals surface area contributed by atoms with Crippen LogP contribution in [0.1, 0.15) is 96.3 Å². The van der Waals surface area contributed by atoms with Gasteiger partial charge in [-0.05, 0) is 106 Å². The molecule has 0 unspecified atom stereocenters. The lowest BCUT2D eigenvalue weighted by molar-refractivity contribution is -0.156. The van der Waals surface area contributed by atoms with Crippen LogP contribution in [0.5, 0.6) is 5.88 Å². The largest absolute Gasteiger partial charge is 0.473 e. The maximum Gasteiger partial charge on any atom is 0.306 e. The summed E-state index contributed by atoms with van der Waals surface area (Å²) in [6, 6.07) is 5.82. The molecule has 2 amide bonds. The Kier molecular flexibility index (Phi) is 11.2. The second kappa shape index (κ2) is 16.0. The summed E-state index contributed by atoms with van der Waals surface area (Å²) in [7, 11) is -3.87. The van der Waals surface area contributed by atoms with E-state index in [-0.39, 0.29) is 67.5 Å². The van der Waals surface area contributed by atoms with E-state index in [1.165, 1.54) is 4.90 Å². The Morgan fingerprint density at radius 1 is 0.982 bits per heavy atom. The minimum Gasteiger partial charge on any atom is -0.473 e. The molecule has 2 bridgehead atoms. The van der Waals surface area contributed by atoms with Crippen molar-refractivity contribution in [1.82, 2.24) is 14.2 Å². The van der Waals surface area contributed by atoms with Crippen molar-refractivity contribution in [2.24, 2.45) is 29.1 Å². The van der Waals surface area contributed by atoms with Crippen LogP contribution in [0.4, 0.5) is 0 Å². The molecule has 306 valence electrons. The van der Waals surface area contributed by atoms with Crippen molar-refractivity contribution in [1.29, 1.82) is 0 Å². The number of allylic oxidation sites excluding steroid dienone is 3. The SMILES string of the molecule is C=C[C@@H]1C[C@]1(CC(=O)[C@@H]1C[C@@H]2CN1C(=O)[C@H](C1CCCC1)CC(=O)O[C@@H]1CCC[C@H]1C/C=C/CCn1c(cc3cc(Cl)ccc3c1=O)O2)C(=O)NS(=O)(=O)C1CC1. The van der Waals surface area contributed by atoms with Gasteiger partial charge in [0.2, 0.25) is 21.8 Å². The Bertz CT molecular complexity index is 2160. The third kappa shape index (κ3) is 8.20. The number of amides is 2. The lowest BCUT2D eigenvalue weighted by atomic mass is 9.86. The number of hydrogen-bond acceptors (Lipinski definition) is 9. The molecular formula is C43H52ClN3O9S. The van der Waals surface area contributed by atoms with E-state index < -0.39 is 62.3 Å². The molecule has 5 fully saturated rings. The zero-order valence-electron chi connectivity index (χ0n) is 32.2. The van der Waals surface area contributed by atoms with Crippen molar-refractivity contribution < 1.29 is 37.1 Å². The van der Waals surface area contributed by atoms with Crippen molar-refractivity contribution in [3.8, 4) is 5.88 Å². The summed E-state index contributed by atoms with van der Waals surface area (Å²) in [5.41, 5.74) is -1.55. The van der Waals surface area contributed by atoms with E-state index >= 15 is 0 Å². The molecule has 7 atom stereocenters. The molecule has 1 N–H and O–H groups in total. The molecule has 2 aromatic rings. The van der Waals surface area contributed by atoms with E-state index in [4.69, 9.17) is 21.1 Å². The van der Waals surface area contributed by atoms with Crippen molar-refractivity contribution in [2.45, 2.75) is 126 Å². The van der Waals surface area contributed by atoms with Gasteiger partial charge in [-0.25, -0.2) is 8.42 Å². The second-order valence-corrected chi connectivity index (χ2v) is 19.6. The fraction of sp³-hybridized carbons (Fsp3) is 0.605. The highest BCUT2D eigenvalue weighted by atomic mass is 35.5. The molecular weight excluding hydrogens is 770 g/mol. The minimum atomic E-state index is -3.87. The fourth-order valence-corrected chi connectivity index (χ4v) is 11.5. The quantitative estimate of drug-likeness (QED) is 0.248. The van der Waals surface area contributed by atoms with E-state index in [1.54, 1.807) is 34.9 Å². The number of Topliss-reactive ketones (excluding diaryl/α,β-unsaturated/α-hetero) is 1. The van der Waals surface area contributed by atoms with Crippen LogP contribution in [0.25, 0.3) is 10.8 Å². The third-order valence-electron chi connectivity index (χ3n) is 13.5. The number of carbonyl (C=O) groups excluding carboxylic acids is 4. The molecule has 3 heterocycles. The first-order valence-electron chi connectivity index (χ1n) is 20.7. The summed E-state index contributed by atoms with van der Waals surface area (Å²) in [5, 5.41) is 0.923. The topological polar surface area (TPSA) is 158 Å². The van der Waals surface area contributed by atoms with Gasteiger partial charge in [-0.15, -0.1) is 6.58 Å². The van der Waals surface area contributed by atoms with Gasteiger partial charge in [-0.1, -0.05) is 42.7 Å². The molecule has 57 heavy (non-hydrogen) atoms. The monoisotopic (exact) mass is 821 g/mol. The standard InChI is InChI=1S/C43H52ClN3O9S/c1-2-29-23-43(29,42(52)45-57(53,54)32-15-16-32)24-36(48)35-21-31-25-47(35)41(51)34(26-9-5-6-10-26)22-39(49)56-37-13-8-12-27(37)11-4-3-7-18-46-38(55-31)20-28-19-30(44)14-17-33(28)40(46)50/h2-4,14,17,19-20,26-27,29,31-32,34-35,37H,1,5-13,15-16,18,21-25H2,(H,45,52)/b4-3+/t27-,29-,31-,34+,35+,37-,43-/m1/s1. The first kappa shape index (κ1) is 39.8. The first-order valence-corrected chi connectivity index (χ1v) is 22.7. The number of ether oxygens (including phenoxy) is 2. The molecule has 14 heteroatoms. The summed E-state index contributed by atoms with van der Waals surface area (Å²) < 4.78 is 42.2. The van der Waals surface area contributed by atoms with Crippen LogP contribution < -0.4 is 15.0 Å². The molecule has 1 aromatic heterocycles. The number of hydrogen-bond donors (Lipinski definition) is 1. The van der Waals surface area contributed by atoms with E-state index in [0.29, 0.717) is 41.6 Å². The van der Waals surface area contributed by atoms with Crippen LogP contribution >= 0.6 is 11.6 Å². The van der Waals surface area contributed by atoms with Gasteiger partial charge < -0.3 is 14.4 Å². The number of carbonyl (C=O) groups is 4. The van der Waals surface area contributed by atoms with E-state index in [1.807, 2.05) is 6.08 Å².